The van der Waals surface area contributed by atoms with E-state index in [0.717, 1.165) is 21.1 Å². The lowest BCUT2D eigenvalue weighted by atomic mass is 10.1. The van der Waals surface area contributed by atoms with Crippen molar-refractivity contribution in [3.05, 3.63) is 66.1 Å². The van der Waals surface area contributed by atoms with Crippen molar-refractivity contribution in [3.8, 4) is 11.5 Å². The van der Waals surface area contributed by atoms with Gasteiger partial charge in [0, 0.05) is 38.3 Å². The maximum Gasteiger partial charge on any atom is 0.319 e. The Hall–Kier alpha value is -3.17. The lowest BCUT2D eigenvalue weighted by Gasteiger charge is -2.13. The van der Waals surface area contributed by atoms with Crippen LogP contribution in [0.4, 0.5) is 10.5 Å². The summed E-state index contributed by atoms with van der Waals surface area (Å²) in [4.78, 5) is 16.7. The van der Waals surface area contributed by atoms with Gasteiger partial charge in [-0.1, -0.05) is 23.8 Å². The van der Waals surface area contributed by atoms with Crippen molar-refractivity contribution in [3.63, 3.8) is 0 Å². The van der Waals surface area contributed by atoms with E-state index < -0.39 is 16.1 Å². The molecule has 0 saturated carbocycles. The third-order valence-electron chi connectivity index (χ3n) is 4.39. The number of carbonyl (C=O) groups is 1. The molecule has 3 aromatic rings. The van der Waals surface area contributed by atoms with Crippen molar-refractivity contribution in [1.82, 2.24) is 14.6 Å². The van der Waals surface area contributed by atoms with Gasteiger partial charge >= 0.3 is 6.03 Å². The molecule has 1 aromatic heterocycles. The van der Waals surface area contributed by atoms with Crippen LogP contribution in [-0.2, 0) is 16.4 Å². The van der Waals surface area contributed by atoms with Crippen LogP contribution in [-0.4, -0.2) is 44.4 Å². The van der Waals surface area contributed by atoms with Crippen LogP contribution >= 0.6 is 0 Å². The number of rotatable bonds is 7. The minimum Gasteiger partial charge on any atom is -0.444 e. The topological polar surface area (TPSA) is 105 Å². The number of amides is 2. The number of oxazole rings is 1. The molecule has 1 heterocycles. The van der Waals surface area contributed by atoms with E-state index in [1.165, 1.54) is 26.2 Å². The van der Waals surface area contributed by atoms with Gasteiger partial charge in [-0.3, -0.25) is 0 Å². The molecule has 2 amide bonds. The lowest BCUT2D eigenvalue weighted by Crippen LogP contribution is -2.30. The molecule has 0 unspecified atom stereocenters. The number of urea groups is 1. The fourth-order valence-corrected chi connectivity index (χ4v) is 3.62. The van der Waals surface area contributed by atoms with Crippen LogP contribution in [0.15, 0.2) is 64.1 Å². The molecule has 3 rings (SSSR count). The standard InChI is InChI=1S/C21H24N4O4S/c1-15-7-9-16(10-8-15)20-23-18(14-29-20)11-12-22-21(26)24-17-5-4-6-19(13-17)30(27,28)25(2)3/h4-10,13-14H,11-12H2,1-3H3,(H2,22,24,26). The van der Waals surface area contributed by atoms with Crippen molar-refractivity contribution < 1.29 is 17.6 Å². The fraction of sp³-hybridized carbons (Fsp3) is 0.238. The number of hydrogen-bond acceptors (Lipinski definition) is 5. The summed E-state index contributed by atoms with van der Waals surface area (Å²) in [5, 5.41) is 5.36. The maximum absolute atomic E-state index is 12.2. The molecule has 0 aliphatic heterocycles. The number of aryl methyl sites for hydroxylation is 1. The summed E-state index contributed by atoms with van der Waals surface area (Å²) in [5.74, 6) is 0.536. The van der Waals surface area contributed by atoms with Crippen LogP contribution in [0.3, 0.4) is 0 Å². The van der Waals surface area contributed by atoms with Crippen LogP contribution in [0.25, 0.3) is 11.5 Å². The highest BCUT2D eigenvalue weighted by atomic mass is 32.2. The maximum atomic E-state index is 12.2. The second-order valence-electron chi connectivity index (χ2n) is 6.96. The van der Waals surface area contributed by atoms with Crippen LogP contribution in [0, 0.1) is 6.92 Å². The van der Waals surface area contributed by atoms with Crippen LogP contribution in [0.5, 0.6) is 0 Å². The Bertz CT molecular complexity index is 1120. The number of anilines is 1. The second-order valence-corrected chi connectivity index (χ2v) is 9.11. The quantitative estimate of drug-likeness (QED) is 0.601. The van der Waals surface area contributed by atoms with Crippen LogP contribution < -0.4 is 10.6 Å². The van der Waals surface area contributed by atoms with E-state index >= 15 is 0 Å². The first kappa shape index (κ1) is 21.5. The fourth-order valence-electron chi connectivity index (χ4n) is 2.68. The number of nitrogens with one attached hydrogen (secondary N) is 2. The molecule has 9 heteroatoms. The molecular formula is C21H24N4O4S. The summed E-state index contributed by atoms with van der Waals surface area (Å²) in [7, 11) is -0.659. The SMILES string of the molecule is Cc1ccc(-c2nc(CCNC(=O)Nc3cccc(S(=O)(=O)N(C)C)c3)co2)cc1. The van der Waals surface area contributed by atoms with E-state index in [4.69, 9.17) is 4.42 Å². The largest absolute Gasteiger partial charge is 0.444 e. The summed E-state index contributed by atoms with van der Waals surface area (Å²) < 4.78 is 31.0. The molecule has 0 radical (unpaired) electrons. The molecule has 158 valence electrons. The van der Waals surface area contributed by atoms with E-state index in [0.29, 0.717) is 24.5 Å². The van der Waals surface area contributed by atoms with E-state index in [2.05, 4.69) is 15.6 Å². The average molecular weight is 429 g/mol. The monoisotopic (exact) mass is 428 g/mol. The number of benzene rings is 2. The molecule has 2 N–H and O–H groups in total. The predicted molar refractivity (Wildman–Crippen MR) is 115 cm³/mol. The van der Waals surface area contributed by atoms with E-state index in [-0.39, 0.29) is 4.90 Å². The highest BCUT2D eigenvalue weighted by molar-refractivity contribution is 7.89. The summed E-state index contributed by atoms with van der Waals surface area (Å²) in [5.41, 5.74) is 3.17. The van der Waals surface area contributed by atoms with Gasteiger partial charge in [-0.2, -0.15) is 0 Å². The average Bonchev–Trinajstić information content (AvgIpc) is 3.17. The molecule has 0 spiro atoms. The van der Waals surface area contributed by atoms with Gasteiger partial charge in [-0.05, 0) is 37.3 Å². The Kier molecular flexibility index (Phi) is 6.53. The number of aromatic nitrogens is 1. The number of sulfonamides is 1. The molecule has 0 aliphatic rings. The number of hydrogen-bond donors (Lipinski definition) is 2. The van der Waals surface area contributed by atoms with E-state index in [1.54, 1.807) is 18.4 Å². The third kappa shape index (κ3) is 5.25. The zero-order valence-electron chi connectivity index (χ0n) is 17.0. The highest BCUT2D eigenvalue weighted by Gasteiger charge is 2.17. The zero-order valence-corrected chi connectivity index (χ0v) is 17.9. The van der Waals surface area contributed by atoms with Crippen molar-refractivity contribution >= 4 is 21.7 Å². The van der Waals surface area contributed by atoms with Gasteiger partial charge < -0.3 is 15.1 Å². The van der Waals surface area contributed by atoms with E-state index in [9.17, 15) is 13.2 Å². The second kappa shape index (κ2) is 9.10. The first-order valence-electron chi connectivity index (χ1n) is 9.34. The van der Waals surface area contributed by atoms with Gasteiger partial charge in [0.2, 0.25) is 15.9 Å². The number of nitrogens with zero attached hydrogens (tertiary/aromatic N) is 2. The zero-order chi connectivity index (χ0) is 21.7. The predicted octanol–water partition coefficient (Wildman–Crippen LogP) is 3.26. The molecule has 0 saturated heterocycles. The van der Waals surface area contributed by atoms with Crippen molar-refractivity contribution in [2.24, 2.45) is 0 Å². The van der Waals surface area contributed by atoms with Gasteiger partial charge in [0.05, 0.1) is 10.6 Å². The Balaban J connectivity index is 1.53. The van der Waals surface area contributed by atoms with Crippen molar-refractivity contribution in [1.29, 1.82) is 0 Å². The molecule has 0 aliphatic carbocycles. The summed E-state index contributed by atoms with van der Waals surface area (Å²) in [6, 6.07) is 13.5. The molecule has 30 heavy (non-hydrogen) atoms. The summed E-state index contributed by atoms with van der Waals surface area (Å²) in [6.45, 7) is 2.36. The molecule has 8 nitrogen and oxygen atoms in total. The smallest absolute Gasteiger partial charge is 0.319 e. The lowest BCUT2D eigenvalue weighted by molar-refractivity contribution is 0.252. The molecular weight excluding hydrogens is 404 g/mol. The Morgan fingerprint density at radius 1 is 1.13 bits per heavy atom. The van der Waals surface area contributed by atoms with E-state index in [1.807, 2.05) is 31.2 Å². The van der Waals surface area contributed by atoms with Gasteiger partial charge in [0.1, 0.15) is 6.26 Å². The molecule has 0 bridgehead atoms. The van der Waals surface area contributed by atoms with Crippen molar-refractivity contribution in [2.45, 2.75) is 18.2 Å². The molecule has 0 atom stereocenters. The Labute approximate surface area is 176 Å². The van der Waals surface area contributed by atoms with Gasteiger partial charge in [-0.25, -0.2) is 22.5 Å². The first-order valence-corrected chi connectivity index (χ1v) is 10.8. The third-order valence-corrected chi connectivity index (χ3v) is 6.20. The minimum atomic E-state index is -3.57. The minimum absolute atomic E-state index is 0.108. The van der Waals surface area contributed by atoms with Crippen LogP contribution in [0.1, 0.15) is 11.3 Å². The first-order chi connectivity index (χ1) is 14.3. The van der Waals surface area contributed by atoms with Crippen molar-refractivity contribution in [2.75, 3.05) is 26.0 Å². The number of carbonyl (C=O) groups excluding carboxylic acids is 1. The van der Waals surface area contributed by atoms with Crippen LogP contribution in [0.2, 0.25) is 0 Å². The highest BCUT2D eigenvalue weighted by Crippen LogP contribution is 2.19. The Morgan fingerprint density at radius 3 is 2.57 bits per heavy atom. The summed E-state index contributed by atoms with van der Waals surface area (Å²) in [6.07, 6.45) is 2.07. The molecule has 0 fully saturated rings. The Morgan fingerprint density at radius 2 is 1.87 bits per heavy atom. The van der Waals surface area contributed by atoms with Gasteiger partial charge in [-0.15, -0.1) is 0 Å². The normalized spacial score (nSPS) is 11.5. The summed E-state index contributed by atoms with van der Waals surface area (Å²) >= 11 is 0. The van der Waals surface area contributed by atoms with Gasteiger partial charge in [0.25, 0.3) is 0 Å². The van der Waals surface area contributed by atoms with Gasteiger partial charge in [0.15, 0.2) is 0 Å². The molecule has 2 aromatic carbocycles.